The molecule has 0 spiro atoms. The fourth-order valence-corrected chi connectivity index (χ4v) is 2.74. The zero-order chi connectivity index (χ0) is 19.0. The van der Waals surface area contributed by atoms with E-state index in [2.05, 4.69) is 20.5 Å². The van der Waals surface area contributed by atoms with Gasteiger partial charge in [0, 0.05) is 38.3 Å². The number of aliphatic imine (C=N–C) groups is 1. The van der Waals surface area contributed by atoms with Crippen molar-refractivity contribution in [1.29, 1.82) is 0 Å². The molecule has 1 saturated heterocycles. The lowest BCUT2D eigenvalue weighted by molar-refractivity contribution is -0.0201. The topological polar surface area (TPSA) is 69.1 Å². The maximum atomic E-state index is 13.7. The first kappa shape index (κ1) is 24.0. The summed E-state index contributed by atoms with van der Waals surface area (Å²) >= 11 is 0. The predicted octanol–water partition coefficient (Wildman–Crippen LogP) is 1.72. The Kier molecular flexibility index (Phi) is 10.4. The normalized spacial score (nSPS) is 17.7. The second-order valence-electron chi connectivity index (χ2n) is 6.67. The smallest absolute Gasteiger partial charge is 0.191 e. The third-order valence-electron chi connectivity index (χ3n) is 4.06. The molecule has 0 radical (unpaired) electrons. The maximum absolute atomic E-state index is 13.7. The predicted molar refractivity (Wildman–Crippen MR) is 112 cm³/mol. The molecule has 1 aliphatic rings. The fraction of sp³-hybridized carbons (Fsp3) is 0.611. The van der Waals surface area contributed by atoms with E-state index in [0.29, 0.717) is 32.3 Å². The van der Waals surface area contributed by atoms with Crippen molar-refractivity contribution in [2.24, 2.45) is 4.99 Å². The molecule has 6 nitrogen and oxygen atoms in total. The maximum Gasteiger partial charge on any atom is 0.191 e. The number of nitrogens with zero attached hydrogens (tertiary/aromatic N) is 2. The van der Waals surface area contributed by atoms with Gasteiger partial charge in [0.1, 0.15) is 11.6 Å². The first-order valence-electron chi connectivity index (χ1n) is 8.88. The molecule has 0 amide bonds. The molecule has 0 bridgehead atoms. The van der Waals surface area contributed by atoms with Crippen LogP contribution >= 0.6 is 24.0 Å². The molecule has 9 heteroatoms. The molecule has 3 N–H and O–H groups in total. The number of hydrogen-bond acceptors (Lipinski definition) is 4. The lowest BCUT2D eigenvalue weighted by Crippen LogP contribution is -2.52. The third-order valence-corrected chi connectivity index (χ3v) is 4.06. The van der Waals surface area contributed by atoms with Crippen molar-refractivity contribution < 1.29 is 18.6 Å². The Morgan fingerprint density at radius 2 is 2.00 bits per heavy atom. The number of nitrogens with one attached hydrogen (secondary N) is 2. The molecule has 1 aliphatic heterocycles. The third kappa shape index (κ3) is 8.67. The van der Waals surface area contributed by atoms with Crippen molar-refractivity contribution >= 4 is 29.9 Å². The van der Waals surface area contributed by atoms with E-state index in [-0.39, 0.29) is 42.6 Å². The number of halogens is 3. The van der Waals surface area contributed by atoms with E-state index < -0.39 is 17.2 Å². The second-order valence-corrected chi connectivity index (χ2v) is 6.67. The highest BCUT2D eigenvalue weighted by atomic mass is 127. The summed E-state index contributed by atoms with van der Waals surface area (Å²) in [5.74, 6) is -0.549. The summed E-state index contributed by atoms with van der Waals surface area (Å²) < 4.78 is 32.3. The number of aliphatic hydroxyl groups is 1. The Hall–Kier alpha value is -1.04. The average molecular weight is 498 g/mol. The first-order chi connectivity index (χ1) is 12.4. The first-order valence-corrected chi connectivity index (χ1v) is 8.88. The molecular formula is C18H29F2IN4O2. The van der Waals surface area contributed by atoms with E-state index in [9.17, 15) is 13.9 Å². The van der Waals surface area contributed by atoms with Crippen molar-refractivity contribution in [2.75, 3.05) is 45.9 Å². The van der Waals surface area contributed by atoms with Gasteiger partial charge in [0.15, 0.2) is 5.96 Å². The van der Waals surface area contributed by atoms with E-state index in [1.807, 2.05) is 6.92 Å². The summed E-state index contributed by atoms with van der Waals surface area (Å²) in [5.41, 5.74) is -0.778. The van der Waals surface area contributed by atoms with Gasteiger partial charge in [-0.2, -0.15) is 0 Å². The van der Waals surface area contributed by atoms with Crippen LogP contribution < -0.4 is 10.6 Å². The van der Waals surface area contributed by atoms with Crippen LogP contribution in [0.15, 0.2) is 23.2 Å². The van der Waals surface area contributed by atoms with Gasteiger partial charge in [-0.25, -0.2) is 13.8 Å². The van der Waals surface area contributed by atoms with Crippen LogP contribution in [-0.4, -0.2) is 67.5 Å². The van der Waals surface area contributed by atoms with Crippen LogP contribution in [0.3, 0.4) is 0 Å². The van der Waals surface area contributed by atoms with Crippen LogP contribution in [0.1, 0.15) is 19.4 Å². The Morgan fingerprint density at radius 1 is 1.30 bits per heavy atom. The zero-order valence-electron chi connectivity index (χ0n) is 15.8. The second kappa shape index (κ2) is 11.7. The minimum absolute atomic E-state index is 0. The van der Waals surface area contributed by atoms with Crippen LogP contribution in [0.25, 0.3) is 0 Å². The number of β-amino-alcohol motifs (C(OH)–C–C–N with tert-alkyl or cyclic N) is 1. The molecule has 0 aromatic heterocycles. The van der Waals surface area contributed by atoms with E-state index in [0.717, 1.165) is 31.3 Å². The van der Waals surface area contributed by atoms with Crippen molar-refractivity contribution in [3.8, 4) is 0 Å². The highest BCUT2D eigenvalue weighted by Gasteiger charge is 2.25. The molecule has 1 aromatic rings. The van der Waals surface area contributed by atoms with E-state index in [4.69, 9.17) is 4.74 Å². The largest absolute Gasteiger partial charge is 0.387 e. The van der Waals surface area contributed by atoms with Gasteiger partial charge in [-0.1, -0.05) is 0 Å². The van der Waals surface area contributed by atoms with E-state index in [1.54, 1.807) is 6.92 Å². The van der Waals surface area contributed by atoms with Crippen molar-refractivity contribution in [3.05, 3.63) is 35.4 Å². The number of ether oxygens (including phenoxy) is 1. The summed E-state index contributed by atoms with van der Waals surface area (Å²) in [6.07, 6.45) is 0. The van der Waals surface area contributed by atoms with Gasteiger partial charge >= 0.3 is 0 Å². The Labute approximate surface area is 176 Å². The standard InChI is InChI=1S/C18H28F2N4O2.HI/c1-3-21-17(22-11-14-10-15(19)4-5-16(14)20)23-12-18(2,25)13-24-6-8-26-9-7-24;/h4-5,10,25H,3,6-9,11-13H2,1-2H3,(H2,21,22,23);1H. The molecule has 27 heavy (non-hydrogen) atoms. The van der Waals surface area contributed by atoms with Crippen LogP contribution in [0.5, 0.6) is 0 Å². The summed E-state index contributed by atoms with van der Waals surface area (Å²) in [4.78, 5) is 6.43. The van der Waals surface area contributed by atoms with Gasteiger partial charge in [-0.15, -0.1) is 24.0 Å². The number of hydrogen-bond donors (Lipinski definition) is 3. The minimum atomic E-state index is -0.961. The number of benzene rings is 1. The van der Waals surface area contributed by atoms with Crippen LogP contribution in [0.4, 0.5) is 8.78 Å². The van der Waals surface area contributed by atoms with Gasteiger partial charge < -0.3 is 20.5 Å². The van der Waals surface area contributed by atoms with E-state index >= 15 is 0 Å². The Bertz CT molecular complexity index is 611. The van der Waals surface area contributed by atoms with Gasteiger partial charge in [0.05, 0.1) is 25.4 Å². The summed E-state index contributed by atoms with van der Waals surface area (Å²) in [6, 6.07) is 3.31. The fourth-order valence-electron chi connectivity index (χ4n) is 2.74. The Morgan fingerprint density at radius 3 is 2.67 bits per heavy atom. The molecule has 1 heterocycles. The number of rotatable bonds is 7. The monoisotopic (exact) mass is 498 g/mol. The molecular weight excluding hydrogens is 469 g/mol. The van der Waals surface area contributed by atoms with E-state index in [1.165, 1.54) is 0 Å². The number of guanidine groups is 1. The number of morpholine rings is 1. The molecule has 0 saturated carbocycles. The summed E-state index contributed by atoms with van der Waals surface area (Å²) in [5, 5.41) is 16.7. The summed E-state index contributed by atoms with van der Waals surface area (Å²) in [7, 11) is 0. The molecule has 1 fully saturated rings. The molecule has 1 unspecified atom stereocenters. The molecule has 1 atom stereocenters. The highest BCUT2D eigenvalue weighted by Crippen LogP contribution is 2.11. The zero-order valence-corrected chi connectivity index (χ0v) is 18.1. The van der Waals surface area contributed by atoms with Crippen molar-refractivity contribution in [2.45, 2.75) is 26.0 Å². The van der Waals surface area contributed by atoms with Gasteiger partial charge in [0.25, 0.3) is 0 Å². The minimum Gasteiger partial charge on any atom is -0.387 e. The van der Waals surface area contributed by atoms with Crippen LogP contribution in [0, 0.1) is 11.6 Å². The Balaban J connectivity index is 0.00000364. The van der Waals surface area contributed by atoms with Crippen LogP contribution in [-0.2, 0) is 11.3 Å². The van der Waals surface area contributed by atoms with Crippen molar-refractivity contribution in [3.63, 3.8) is 0 Å². The lowest BCUT2D eigenvalue weighted by atomic mass is 10.1. The van der Waals surface area contributed by atoms with Gasteiger partial charge in [0.2, 0.25) is 0 Å². The highest BCUT2D eigenvalue weighted by molar-refractivity contribution is 14.0. The van der Waals surface area contributed by atoms with Crippen molar-refractivity contribution in [1.82, 2.24) is 15.5 Å². The molecule has 1 aromatic carbocycles. The lowest BCUT2D eigenvalue weighted by Gasteiger charge is -2.34. The van der Waals surface area contributed by atoms with Gasteiger partial charge in [-0.3, -0.25) is 4.90 Å². The molecule has 2 rings (SSSR count). The van der Waals surface area contributed by atoms with Crippen LogP contribution in [0.2, 0.25) is 0 Å². The quantitative estimate of drug-likeness (QED) is 0.304. The van der Waals surface area contributed by atoms with Gasteiger partial charge in [-0.05, 0) is 32.0 Å². The SMILES string of the molecule is CCNC(=NCc1cc(F)ccc1F)NCC(C)(O)CN1CCOCC1.I. The summed E-state index contributed by atoms with van der Waals surface area (Å²) in [6.45, 7) is 8.01. The molecule has 0 aliphatic carbocycles. The average Bonchev–Trinajstić information content (AvgIpc) is 2.60. The molecule has 154 valence electrons.